The van der Waals surface area contributed by atoms with Gasteiger partial charge in [-0.1, -0.05) is 17.3 Å². The number of para-hydroxylation sites is 1. The first-order chi connectivity index (χ1) is 9.88. The van der Waals surface area contributed by atoms with Crippen LogP contribution in [0.4, 0.5) is 13.2 Å². The van der Waals surface area contributed by atoms with Gasteiger partial charge >= 0.3 is 12.1 Å². The average molecular weight is 301 g/mol. The molecule has 0 spiro atoms. The molecule has 1 aliphatic rings. The number of hydrogen-bond donors (Lipinski definition) is 1. The van der Waals surface area contributed by atoms with E-state index in [0.717, 1.165) is 6.07 Å². The molecule has 0 bridgehead atoms. The van der Waals surface area contributed by atoms with Crippen molar-refractivity contribution in [2.24, 2.45) is 11.1 Å². The van der Waals surface area contributed by atoms with Crippen LogP contribution in [0.25, 0.3) is 0 Å². The molecule has 1 N–H and O–H groups in total. The molecule has 1 fully saturated rings. The molecule has 4 nitrogen and oxygen atoms in total. The number of rotatable bonds is 3. The van der Waals surface area contributed by atoms with Crippen molar-refractivity contribution in [2.45, 2.75) is 31.9 Å². The van der Waals surface area contributed by atoms with Crippen molar-refractivity contribution in [2.75, 3.05) is 0 Å². The molecule has 1 aromatic carbocycles. The van der Waals surface area contributed by atoms with E-state index in [0.29, 0.717) is 25.0 Å². The molecule has 0 amide bonds. The maximum atomic E-state index is 12.8. The first kappa shape index (κ1) is 15.3. The minimum absolute atomic E-state index is 0.212. The average Bonchev–Trinajstić information content (AvgIpc) is 2.45. The number of nitrogens with zero attached hydrogens (tertiary/aromatic N) is 1. The summed E-state index contributed by atoms with van der Waals surface area (Å²) < 4.78 is 38.3. The molecule has 21 heavy (non-hydrogen) atoms. The second-order valence-electron chi connectivity index (χ2n) is 4.87. The third-order valence-corrected chi connectivity index (χ3v) is 3.31. The summed E-state index contributed by atoms with van der Waals surface area (Å²) in [5.74, 6) is -1.84. The number of hydrogen-bond acceptors (Lipinski definition) is 3. The van der Waals surface area contributed by atoms with Gasteiger partial charge in [-0.15, -0.1) is 0 Å². The summed E-state index contributed by atoms with van der Waals surface area (Å²) in [5, 5.41) is 12.7. The van der Waals surface area contributed by atoms with Crippen LogP contribution in [0.3, 0.4) is 0 Å². The molecule has 7 heteroatoms. The van der Waals surface area contributed by atoms with Crippen LogP contribution >= 0.6 is 0 Å². The van der Waals surface area contributed by atoms with Gasteiger partial charge in [0.25, 0.3) is 0 Å². The molecular formula is C14H14F3NO3. The summed E-state index contributed by atoms with van der Waals surface area (Å²) in [5.41, 5.74) is -0.425. The van der Waals surface area contributed by atoms with Gasteiger partial charge in [-0.3, -0.25) is 4.79 Å². The van der Waals surface area contributed by atoms with E-state index in [9.17, 15) is 18.0 Å². The second kappa shape index (κ2) is 6.15. The summed E-state index contributed by atoms with van der Waals surface area (Å²) in [6.07, 6.45) is -2.58. The Morgan fingerprint density at radius 3 is 2.71 bits per heavy atom. The molecule has 1 unspecified atom stereocenters. The standard InChI is InChI=1S/C14H14F3NO3/c15-14(16,17)11-6-1-2-7-12(11)21-18-10-5-3-4-9(8-10)13(19)20/h1-2,6-7,9H,3-5,8H2,(H,19,20)/b18-10+. The molecular weight excluding hydrogens is 287 g/mol. The molecule has 1 saturated carbocycles. The third-order valence-electron chi connectivity index (χ3n) is 3.31. The van der Waals surface area contributed by atoms with Gasteiger partial charge in [-0.05, 0) is 31.4 Å². The zero-order valence-electron chi connectivity index (χ0n) is 11.1. The fraction of sp³-hybridized carbons (Fsp3) is 0.429. The summed E-state index contributed by atoms with van der Waals surface area (Å²) in [7, 11) is 0. The highest BCUT2D eigenvalue weighted by atomic mass is 19.4. The summed E-state index contributed by atoms with van der Waals surface area (Å²) in [6.45, 7) is 0. The molecule has 0 aliphatic heterocycles. The lowest BCUT2D eigenvalue weighted by Crippen LogP contribution is -2.23. The molecule has 2 rings (SSSR count). The first-order valence-corrected chi connectivity index (χ1v) is 6.49. The highest BCUT2D eigenvalue weighted by Gasteiger charge is 2.34. The number of carboxylic acid groups (broad SMARTS) is 1. The van der Waals surface area contributed by atoms with E-state index in [1.165, 1.54) is 18.2 Å². The Morgan fingerprint density at radius 2 is 2.05 bits per heavy atom. The lowest BCUT2D eigenvalue weighted by Gasteiger charge is -2.19. The zero-order chi connectivity index (χ0) is 15.5. The number of halogens is 3. The van der Waals surface area contributed by atoms with Gasteiger partial charge in [0.1, 0.15) is 5.56 Å². The Bertz CT molecular complexity index is 555. The number of aliphatic carboxylic acids is 1. The Balaban J connectivity index is 2.12. The number of carboxylic acids is 1. The largest absolute Gasteiger partial charge is 0.481 e. The summed E-state index contributed by atoms with van der Waals surface area (Å²) >= 11 is 0. The fourth-order valence-corrected chi connectivity index (χ4v) is 2.23. The smallest absolute Gasteiger partial charge is 0.420 e. The van der Waals surface area contributed by atoms with Crippen LogP contribution in [0.15, 0.2) is 29.4 Å². The van der Waals surface area contributed by atoms with E-state index < -0.39 is 23.6 Å². The second-order valence-corrected chi connectivity index (χ2v) is 4.87. The first-order valence-electron chi connectivity index (χ1n) is 6.49. The molecule has 1 atom stereocenters. The predicted molar refractivity (Wildman–Crippen MR) is 69.1 cm³/mol. The van der Waals surface area contributed by atoms with Crippen molar-refractivity contribution in [3.63, 3.8) is 0 Å². The Labute approximate surface area is 119 Å². The molecule has 0 aromatic heterocycles. The van der Waals surface area contributed by atoms with Gasteiger partial charge in [0.15, 0.2) is 5.75 Å². The fourth-order valence-electron chi connectivity index (χ4n) is 2.23. The van der Waals surface area contributed by atoms with E-state index in [2.05, 4.69) is 5.16 Å². The van der Waals surface area contributed by atoms with E-state index in [4.69, 9.17) is 9.94 Å². The predicted octanol–water partition coefficient (Wildman–Crippen LogP) is 3.72. The number of benzene rings is 1. The zero-order valence-corrected chi connectivity index (χ0v) is 11.1. The summed E-state index contributed by atoms with van der Waals surface area (Å²) in [4.78, 5) is 15.8. The molecule has 114 valence electrons. The topological polar surface area (TPSA) is 58.9 Å². The Kier molecular flexibility index (Phi) is 4.50. The molecule has 1 aliphatic carbocycles. The van der Waals surface area contributed by atoms with Crippen LogP contribution < -0.4 is 4.84 Å². The SMILES string of the molecule is O=C(O)C1CCC/C(=N\Oc2ccccc2C(F)(F)F)C1. The van der Waals surface area contributed by atoms with Crippen LogP contribution in [0.1, 0.15) is 31.2 Å². The molecule has 0 saturated heterocycles. The maximum absolute atomic E-state index is 12.8. The van der Waals surface area contributed by atoms with Gasteiger partial charge in [-0.25, -0.2) is 0 Å². The van der Waals surface area contributed by atoms with Gasteiger partial charge < -0.3 is 9.94 Å². The van der Waals surface area contributed by atoms with Gasteiger partial charge in [0.2, 0.25) is 0 Å². The van der Waals surface area contributed by atoms with Crippen molar-refractivity contribution >= 4 is 11.7 Å². The Hall–Kier alpha value is -2.05. The monoisotopic (exact) mass is 301 g/mol. The third kappa shape index (κ3) is 3.96. The van der Waals surface area contributed by atoms with Crippen molar-refractivity contribution in [1.29, 1.82) is 0 Å². The lowest BCUT2D eigenvalue weighted by molar-refractivity contribution is -0.142. The Morgan fingerprint density at radius 1 is 1.33 bits per heavy atom. The normalized spacial score (nSPS) is 21.3. The van der Waals surface area contributed by atoms with E-state index in [1.807, 2.05) is 0 Å². The van der Waals surface area contributed by atoms with E-state index in [-0.39, 0.29) is 12.2 Å². The van der Waals surface area contributed by atoms with Crippen LogP contribution in [-0.4, -0.2) is 16.8 Å². The highest BCUT2D eigenvalue weighted by molar-refractivity contribution is 5.89. The molecule has 0 radical (unpaired) electrons. The number of oxime groups is 1. The molecule has 0 heterocycles. The van der Waals surface area contributed by atoms with Crippen molar-refractivity contribution in [1.82, 2.24) is 0 Å². The van der Waals surface area contributed by atoms with Crippen molar-refractivity contribution < 1.29 is 27.9 Å². The van der Waals surface area contributed by atoms with Crippen LogP contribution in [-0.2, 0) is 11.0 Å². The van der Waals surface area contributed by atoms with E-state index >= 15 is 0 Å². The van der Waals surface area contributed by atoms with Crippen LogP contribution in [0.2, 0.25) is 0 Å². The van der Waals surface area contributed by atoms with Crippen molar-refractivity contribution in [3.8, 4) is 5.75 Å². The minimum Gasteiger partial charge on any atom is -0.481 e. The number of alkyl halides is 3. The van der Waals surface area contributed by atoms with E-state index in [1.54, 1.807) is 0 Å². The van der Waals surface area contributed by atoms with Gasteiger partial charge in [-0.2, -0.15) is 13.2 Å². The summed E-state index contributed by atoms with van der Waals surface area (Å²) in [6, 6.07) is 4.79. The van der Waals surface area contributed by atoms with Crippen LogP contribution in [0, 0.1) is 5.92 Å². The van der Waals surface area contributed by atoms with Crippen LogP contribution in [0.5, 0.6) is 5.75 Å². The quantitative estimate of drug-likeness (QED) is 0.866. The lowest BCUT2D eigenvalue weighted by atomic mass is 9.88. The number of carbonyl (C=O) groups is 1. The van der Waals surface area contributed by atoms with Gasteiger partial charge in [0, 0.05) is 6.42 Å². The van der Waals surface area contributed by atoms with Gasteiger partial charge in [0.05, 0.1) is 11.6 Å². The molecule has 1 aromatic rings. The highest BCUT2D eigenvalue weighted by Crippen LogP contribution is 2.36. The minimum atomic E-state index is -4.52. The van der Waals surface area contributed by atoms with Crippen molar-refractivity contribution in [3.05, 3.63) is 29.8 Å². The maximum Gasteiger partial charge on any atom is 0.420 e.